The molecule has 3 unspecified atom stereocenters. The molecule has 102 valence electrons. The summed E-state index contributed by atoms with van der Waals surface area (Å²) >= 11 is 0. The van der Waals surface area contributed by atoms with Crippen molar-refractivity contribution in [2.24, 2.45) is 11.1 Å². The predicted octanol–water partition coefficient (Wildman–Crippen LogP) is 0.357. The Morgan fingerprint density at radius 2 is 2.06 bits per heavy atom. The van der Waals surface area contributed by atoms with E-state index in [1.165, 1.54) is 0 Å². The van der Waals surface area contributed by atoms with Crippen LogP contribution in [0.3, 0.4) is 0 Å². The Balaban J connectivity index is 2.61. The van der Waals surface area contributed by atoms with E-state index in [1.807, 2.05) is 0 Å². The van der Waals surface area contributed by atoms with Crippen molar-refractivity contribution in [1.29, 1.82) is 0 Å². The van der Waals surface area contributed by atoms with Crippen LogP contribution in [0.2, 0.25) is 0 Å². The van der Waals surface area contributed by atoms with Crippen LogP contribution in [0.25, 0.3) is 0 Å². The van der Waals surface area contributed by atoms with Crippen LogP contribution in [0.5, 0.6) is 0 Å². The molecule has 4 heteroatoms. The van der Waals surface area contributed by atoms with Crippen molar-refractivity contribution in [2.75, 3.05) is 33.7 Å². The maximum atomic E-state index is 9.83. The van der Waals surface area contributed by atoms with Gasteiger partial charge in [0.05, 0.1) is 6.10 Å². The summed E-state index contributed by atoms with van der Waals surface area (Å²) in [5.74, 6) is 0. The lowest BCUT2D eigenvalue weighted by Crippen LogP contribution is -2.47. The molecule has 1 saturated heterocycles. The highest BCUT2D eigenvalue weighted by Gasteiger charge is 2.35. The highest BCUT2D eigenvalue weighted by molar-refractivity contribution is 4.91. The van der Waals surface area contributed by atoms with Crippen LogP contribution in [0, 0.1) is 5.41 Å². The second-order valence-electron chi connectivity index (χ2n) is 6.51. The number of hydrogen-bond donors (Lipinski definition) is 2. The molecular weight excluding hydrogens is 214 g/mol. The number of nitrogens with zero attached hydrogens (tertiary/aromatic N) is 2. The van der Waals surface area contributed by atoms with E-state index in [4.69, 9.17) is 5.73 Å². The number of nitrogens with two attached hydrogens (primary N) is 1. The van der Waals surface area contributed by atoms with Gasteiger partial charge < -0.3 is 15.7 Å². The fraction of sp³-hybridized carbons (Fsp3) is 1.00. The highest BCUT2D eigenvalue weighted by Crippen LogP contribution is 2.26. The van der Waals surface area contributed by atoms with E-state index in [1.54, 1.807) is 0 Å². The van der Waals surface area contributed by atoms with Crippen molar-refractivity contribution in [1.82, 2.24) is 9.80 Å². The van der Waals surface area contributed by atoms with Crippen LogP contribution < -0.4 is 5.73 Å². The molecule has 0 saturated carbocycles. The first-order chi connectivity index (χ1) is 7.72. The summed E-state index contributed by atoms with van der Waals surface area (Å²) in [6.07, 6.45) is 0.705. The Bertz CT molecular complexity index is 241. The largest absolute Gasteiger partial charge is 0.392 e. The molecule has 1 aliphatic rings. The molecule has 0 aromatic heterocycles. The summed E-state index contributed by atoms with van der Waals surface area (Å²) < 4.78 is 0. The number of likely N-dealkylation sites (tertiary alicyclic amines) is 1. The molecule has 0 aromatic carbocycles. The van der Waals surface area contributed by atoms with Gasteiger partial charge in [0.2, 0.25) is 0 Å². The summed E-state index contributed by atoms with van der Waals surface area (Å²) in [6.45, 7) is 9.22. The first kappa shape index (κ1) is 14.9. The topological polar surface area (TPSA) is 52.7 Å². The quantitative estimate of drug-likeness (QED) is 0.732. The van der Waals surface area contributed by atoms with Gasteiger partial charge in [-0.15, -0.1) is 0 Å². The maximum absolute atomic E-state index is 9.83. The third kappa shape index (κ3) is 4.21. The highest BCUT2D eigenvalue weighted by atomic mass is 16.3. The van der Waals surface area contributed by atoms with Gasteiger partial charge in [0.1, 0.15) is 0 Å². The minimum atomic E-state index is -0.177. The normalized spacial score (nSPS) is 28.9. The van der Waals surface area contributed by atoms with Crippen LogP contribution in [-0.2, 0) is 0 Å². The molecule has 0 spiro atoms. The van der Waals surface area contributed by atoms with Crippen molar-refractivity contribution < 1.29 is 5.11 Å². The molecule has 0 aliphatic carbocycles. The Labute approximate surface area is 106 Å². The molecule has 3 atom stereocenters. The average molecular weight is 243 g/mol. The van der Waals surface area contributed by atoms with Gasteiger partial charge in [-0.05, 0) is 32.9 Å². The number of likely N-dealkylation sites (N-methyl/N-ethyl adjacent to an activating group) is 1. The number of hydrogen-bond acceptors (Lipinski definition) is 4. The number of β-amino-alcohol motifs (C(OH)–C–C–N with tert-alkyl or cyclic N) is 1. The molecule has 1 fully saturated rings. The van der Waals surface area contributed by atoms with Crippen molar-refractivity contribution in [3.8, 4) is 0 Å². The minimum Gasteiger partial charge on any atom is -0.392 e. The first-order valence-electron chi connectivity index (χ1n) is 6.55. The van der Waals surface area contributed by atoms with E-state index in [2.05, 4.69) is 44.7 Å². The van der Waals surface area contributed by atoms with E-state index >= 15 is 0 Å². The van der Waals surface area contributed by atoms with Crippen LogP contribution in [-0.4, -0.2) is 66.8 Å². The third-order valence-electron chi connectivity index (χ3n) is 3.92. The average Bonchev–Trinajstić information content (AvgIpc) is 2.44. The zero-order chi connectivity index (χ0) is 13.2. The van der Waals surface area contributed by atoms with Gasteiger partial charge in [0.15, 0.2) is 0 Å². The SMILES string of the molecule is CC(N)C(C)(C)CN1CC(O)CC1CN(C)C. The molecule has 0 radical (unpaired) electrons. The third-order valence-corrected chi connectivity index (χ3v) is 3.92. The van der Waals surface area contributed by atoms with Crippen LogP contribution >= 0.6 is 0 Å². The standard InChI is InChI=1S/C13H29N3O/c1-10(14)13(2,3)9-16-8-12(17)6-11(16)7-15(4)5/h10-12,17H,6-9,14H2,1-5H3. The lowest BCUT2D eigenvalue weighted by atomic mass is 9.85. The Kier molecular flexibility index (Phi) is 4.95. The minimum absolute atomic E-state index is 0.0919. The lowest BCUT2D eigenvalue weighted by Gasteiger charge is -2.37. The van der Waals surface area contributed by atoms with Crippen LogP contribution in [0.15, 0.2) is 0 Å². The maximum Gasteiger partial charge on any atom is 0.0682 e. The van der Waals surface area contributed by atoms with Gasteiger partial charge in [-0.3, -0.25) is 4.90 Å². The smallest absolute Gasteiger partial charge is 0.0682 e. The summed E-state index contributed by atoms with van der Waals surface area (Å²) in [6, 6.07) is 0.623. The summed E-state index contributed by atoms with van der Waals surface area (Å²) in [7, 11) is 4.17. The van der Waals surface area contributed by atoms with Gasteiger partial charge in [-0.1, -0.05) is 13.8 Å². The summed E-state index contributed by atoms with van der Waals surface area (Å²) in [4.78, 5) is 4.59. The second kappa shape index (κ2) is 5.65. The van der Waals surface area contributed by atoms with Crippen molar-refractivity contribution in [3.05, 3.63) is 0 Å². The van der Waals surface area contributed by atoms with E-state index in [-0.39, 0.29) is 17.6 Å². The Morgan fingerprint density at radius 3 is 2.53 bits per heavy atom. The van der Waals surface area contributed by atoms with Crippen LogP contribution in [0.1, 0.15) is 27.2 Å². The number of aliphatic hydroxyl groups excluding tert-OH is 1. The summed E-state index contributed by atoms with van der Waals surface area (Å²) in [5.41, 5.74) is 6.12. The molecular formula is C13H29N3O. The molecule has 4 nitrogen and oxygen atoms in total. The van der Waals surface area contributed by atoms with Crippen LogP contribution in [0.4, 0.5) is 0 Å². The van der Waals surface area contributed by atoms with E-state index in [0.29, 0.717) is 6.04 Å². The molecule has 1 aliphatic heterocycles. The monoisotopic (exact) mass is 243 g/mol. The first-order valence-corrected chi connectivity index (χ1v) is 6.55. The molecule has 17 heavy (non-hydrogen) atoms. The fourth-order valence-electron chi connectivity index (χ4n) is 2.43. The molecule has 0 bridgehead atoms. The van der Waals surface area contributed by atoms with Gasteiger partial charge in [0.25, 0.3) is 0 Å². The summed E-state index contributed by atoms with van der Waals surface area (Å²) in [5, 5.41) is 9.83. The fourth-order valence-corrected chi connectivity index (χ4v) is 2.43. The van der Waals surface area contributed by atoms with Crippen molar-refractivity contribution in [3.63, 3.8) is 0 Å². The molecule has 1 heterocycles. The Morgan fingerprint density at radius 1 is 1.47 bits per heavy atom. The van der Waals surface area contributed by atoms with Gasteiger partial charge >= 0.3 is 0 Å². The molecule has 3 N–H and O–H groups in total. The Hall–Kier alpha value is -0.160. The number of aliphatic hydroxyl groups is 1. The van der Waals surface area contributed by atoms with Gasteiger partial charge in [-0.2, -0.15) is 0 Å². The van der Waals surface area contributed by atoms with Gasteiger partial charge in [-0.25, -0.2) is 0 Å². The molecule has 0 aromatic rings. The second-order valence-corrected chi connectivity index (χ2v) is 6.51. The zero-order valence-corrected chi connectivity index (χ0v) is 12.0. The van der Waals surface area contributed by atoms with E-state index < -0.39 is 0 Å². The lowest BCUT2D eigenvalue weighted by molar-refractivity contribution is 0.120. The van der Waals surface area contributed by atoms with Gasteiger partial charge in [0, 0.05) is 31.7 Å². The van der Waals surface area contributed by atoms with Crippen molar-refractivity contribution >= 4 is 0 Å². The predicted molar refractivity (Wildman–Crippen MR) is 72.0 cm³/mol. The van der Waals surface area contributed by atoms with Crippen molar-refractivity contribution in [2.45, 2.75) is 45.4 Å². The molecule has 1 rings (SSSR count). The molecule has 0 amide bonds. The van der Waals surface area contributed by atoms with E-state index in [9.17, 15) is 5.11 Å². The van der Waals surface area contributed by atoms with E-state index in [0.717, 1.165) is 26.1 Å². The number of rotatable bonds is 5. The zero-order valence-electron chi connectivity index (χ0n) is 12.0.